The summed E-state index contributed by atoms with van der Waals surface area (Å²) in [5.41, 5.74) is -1.64. The molecule has 0 bridgehead atoms. The maximum atomic E-state index is 13.7. The number of hydrogen-bond donors (Lipinski definition) is 1. The molecule has 0 saturated heterocycles. The summed E-state index contributed by atoms with van der Waals surface area (Å²) in [5, 5.41) is 10.2. The number of rotatable bonds is 9. The second kappa shape index (κ2) is 8.38. The van der Waals surface area contributed by atoms with E-state index in [0.29, 0.717) is 19.3 Å². The van der Waals surface area contributed by atoms with Crippen molar-refractivity contribution in [1.82, 2.24) is 0 Å². The molecule has 0 aliphatic rings. The molecule has 1 N–H and O–H groups in total. The van der Waals surface area contributed by atoms with Crippen molar-refractivity contribution >= 4 is 5.78 Å². The lowest BCUT2D eigenvalue weighted by Crippen LogP contribution is -2.24. The highest BCUT2D eigenvalue weighted by Gasteiger charge is 2.29. The van der Waals surface area contributed by atoms with Crippen LogP contribution in [0.1, 0.15) is 60.3 Å². The van der Waals surface area contributed by atoms with Crippen LogP contribution in [-0.2, 0) is 4.79 Å². The van der Waals surface area contributed by atoms with Crippen molar-refractivity contribution in [2.75, 3.05) is 6.67 Å². The molecule has 0 radical (unpaired) electrons. The average molecular weight is 290 g/mol. The quantitative estimate of drug-likeness (QED) is 0.482. The molecule has 1 unspecified atom stereocenters. The fourth-order valence-corrected chi connectivity index (χ4v) is 2.43. The molecular formula is C16H28F2O2. The summed E-state index contributed by atoms with van der Waals surface area (Å²) in [4.78, 5) is 12.2. The smallest absolute Gasteiger partial charge is 0.167 e. The average Bonchev–Trinajstić information content (AvgIpc) is 2.37. The Kier molecular flexibility index (Phi) is 7.99. The summed E-state index contributed by atoms with van der Waals surface area (Å²) in [6.45, 7) is 7.36. The van der Waals surface area contributed by atoms with Crippen molar-refractivity contribution in [2.24, 2.45) is 11.8 Å². The number of alkyl halides is 2. The van der Waals surface area contributed by atoms with Crippen LogP contribution in [0, 0.1) is 11.8 Å². The molecule has 0 rings (SSSR count). The molecule has 1 atom stereocenters. The molecule has 4 heteroatoms. The third kappa shape index (κ3) is 5.59. The molecule has 20 heavy (non-hydrogen) atoms. The first-order valence-electron chi connectivity index (χ1n) is 7.42. The summed E-state index contributed by atoms with van der Waals surface area (Å²) < 4.78 is 26.9. The van der Waals surface area contributed by atoms with E-state index < -0.39 is 18.3 Å². The van der Waals surface area contributed by atoms with Gasteiger partial charge in [0.05, 0.1) is 5.57 Å². The lowest BCUT2D eigenvalue weighted by molar-refractivity contribution is -0.119. The fourth-order valence-electron chi connectivity index (χ4n) is 2.43. The van der Waals surface area contributed by atoms with Gasteiger partial charge in [-0.1, -0.05) is 20.8 Å². The number of hydrogen-bond acceptors (Lipinski definition) is 2. The summed E-state index contributed by atoms with van der Waals surface area (Å²) in [6.07, 6.45) is 1.77. The number of allylic oxidation sites excluding steroid dienone is 2. The van der Waals surface area contributed by atoms with Crippen molar-refractivity contribution < 1.29 is 18.7 Å². The largest absolute Gasteiger partial charge is 0.512 e. The van der Waals surface area contributed by atoms with Gasteiger partial charge in [-0.25, -0.2) is 8.78 Å². The van der Waals surface area contributed by atoms with Crippen LogP contribution in [0.5, 0.6) is 0 Å². The molecule has 0 saturated carbocycles. The Labute approximate surface area is 121 Å². The van der Waals surface area contributed by atoms with E-state index in [4.69, 9.17) is 0 Å². The van der Waals surface area contributed by atoms with Gasteiger partial charge in [0.1, 0.15) is 18.1 Å². The Morgan fingerprint density at radius 3 is 1.85 bits per heavy atom. The van der Waals surface area contributed by atoms with Gasteiger partial charge >= 0.3 is 0 Å². The first-order valence-corrected chi connectivity index (χ1v) is 7.42. The standard InChI is InChI=1S/C16H28F2O2/c1-6-11(7-2)14(19)13(10-17)15(20)12(8-3)9-16(4,5)18/h11-12,20H,6-10H2,1-5H3. The SMILES string of the molecule is CCC(CC)C(=O)C(CF)=C(O)C(CC)CC(C)(C)F. The number of aliphatic hydroxyl groups excluding tert-OH is 1. The number of aliphatic hydroxyl groups is 1. The lowest BCUT2D eigenvalue weighted by atomic mass is 9.86. The molecule has 0 spiro atoms. The zero-order valence-electron chi connectivity index (χ0n) is 13.3. The Bertz CT molecular complexity index is 339. The Hall–Kier alpha value is -0.930. The lowest BCUT2D eigenvalue weighted by Gasteiger charge is -2.23. The van der Waals surface area contributed by atoms with E-state index in [9.17, 15) is 18.7 Å². The van der Waals surface area contributed by atoms with E-state index in [-0.39, 0.29) is 29.5 Å². The predicted octanol–water partition coefficient (Wildman–Crippen LogP) is 4.94. The van der Waals surface area contributed by atoms with Crippen LogP contribution in [0.15, 0.2) is 11.3 Å². The van der Waals surface area contributed by atoms with Crippen LogP contribution in [0.4, 0.5) is 8.78 Å². The van der Waals surface area contributed by atoms with E-state index in [1.807, 2.05) is 13.8 Å². The van der Waals surface area contributed by atoms with Gasteiger partial charge in [-0.05, 0) is 39.5 Å². The monoisotopic (exact) mass is 290 g/mol. The van der Waals surface area contributed by atoms with E-state index in [1.165, 1.54) is 13.8 Å². The highest BCUT2D eigenvalue weighted by molar-refractivity contribution is 5.97. The van der Waals surface area contributed by atoms with Gasteiger partial charge in [-0.15, -0.1) is 0 Å². The second-order valence-corrected chi connectivity index (χ2v) is 5.90. The van der Waals surface area contributed by atoms with Crippen LogP contribution < -0.4 is 0 Å². The molecule has 0 aromatic carbocycles. The van der Waals surface area contributed by atoms with Gasteiger partial charge in [0.2, 0.25) is 0 Å². The minimum Gasteiger partial charge on any atom is -0.512 e. The summed E-state index contributed by atoms with van der Waals surface area (Å²) in [5.74, 6) is -1.40. The van der Waals surface area contributed by atoms with Crippen LogP contribution in [0.2, 0.25) is 0 Å². The normalized spacial score (nSPS) is 15.2. The van der Waals surface area contributed by atoms with Gasteiger partial charge in [-0.3, -0.25) is 4.79 Å². The van der Waals surface area contributed by atoms with Crippen molar-refractivity contribution in [3.63, 3.8) is 0 Å². The molecule has 0 aliphatic carbocycles. The summed E-state index contributed by atoms with van der Waals surface area (Å²) in [7, 11) is 0. The zero-order chi connectivity index (χ0) is 15.9. The van der Waals surface area contributed by atoms with Crippen LogP contribution in [0.25, 0.3) is 0 Å². The third-order valence-corrected chi connectivity index (χ3v) is 3.71. The number of halogens is 2. The van der Waals surface area contributed by atoms with Gasteiger partial charge in [0.25, 0.3) is 0 Å². The maximum Gasteiger partial charge on any atom is 0.167 e. The van der Waals surface area contributed by atoms with Crippen LogP contribution >= 0.6 is 0 Å². The molecule has 0 heterocycles. The minimum atomic E-state index is -1.46. The minimum absolute atomic E-state index is 0.0784. The molecule has 0 amide bonds. The topological polar surface area (TPSA) is 37.3 Å². The molecule has 2 nitrogen and oxygen atoms in total. The van der Waals surface area contributed by atoms with Crippen molar-refractivity contribution in [2.45, 2.75) is 66.0 Å². The second-order valence-electron chi connectivity index (χ2n) is 5.90. The Morgan fingerprint density at radius 2 is 1.55 bits per heavy atom. The molecule has 0 aromatic heterocycles. The van der Waals surface area contributed by atoms with E-state index in [2.05, 4.69) is 0 Å². The number of carbonyl (C=O) groups excluding carboxylic acids is 1. The van der Waals surface area contributed by atoms with E-state index in [1.54, 1.807) is 6.92 Å². The van der Waals surface area contributed by atoms with E-state index >= 15 is 0 Å². The number of ketones is 1. The van der Waals surface area contributed by atoms with Crippen LogP contribution in [0.3, 0.4) is 0 Å². The Balaban J connectivity index is 5.36. The first kappa shape index (κ1) is 19.1. The number of carbonyl (C=O) groups is 1. The molecular weight excluding hydrogens is 262 g/mol. The van der Waals surface area contributed by atoms with Crippen LogP contribution in [-0.4, -0.2) is 23.2 Å². The Morgan fingerprint density at radius 1 is 1.10 bits per heavy atom. The summed E-state index contributed by atoms with van der Waals surface area (Å²) in [6, 6.07) is 0. The number of Topliss-reactive ketones (excluding diaryl/α,β-unsaturated/α-hetero) is 1. The van der Waals surface area contributed by atoms with Gasteiger partial charge in [0, 0.05) is 11.8 Å². The highest BCUT2D eigenvalue weighted by Crippen LogP contribution is 2.30. The predicted molar refractivity (Wildman–Crippen MR) is 78.3 cm³/mol. The zero-order valence-corrected chi connectivity index (χ0v) is 13.3. The van der Waals surface area contributed by atoms with Gasteiger partial charge in [0.15, 0.2) is 5.78 Å². The van der Waals surface area contributed by atoms with Gasteiger partial charge in [-0.2, -0.15) is 0 Å². The van der Waals surface area contributed by atoms with Crippen molar-refractivity contribution in [1.29, 1.82) is 0 Å². The first-order chi connectivity index (χ1) is 9.21. The molecule has 0 aliphatic heterocycles. The highest BCUT2D eigenvalue weighted by atomic mass is 19.1. The fraction of sp³-hybridized carbons (Fsp3) is 0.812. The van der Waals surface area contributed by atoms with Gasteiger partial charge < -0.3 is 5.11 Å². The third-order valence-electron chi connectivity index (χ3n) is 3.71. The van der Waals surface area contributed by atoms with E-state index in [0.717, 1.165) is 0 Å². The summed E-state index contributed by atoms with van der Waals surface area (Å²) >= 11 is 0. The maximum absolute atomic E-state index is 13.7. The molecule has 0 aromatic rings. The van der Waals surface area contributed by atoms with Crippen molar-refractivity contribution in [3.8, 4) is 0 Å². The molecule has 0 fully saturated rings. The van der Waals surface area contributed by atoms with Crippen molar-refractivity contribution in [3.05, 3.63) is 11.3 Å². The molecule has 118 valence electrons.